The Bertz CT molecular complexity index is 534. The van der Waals surface area contributed by atoms with E-state index in [1.807, 2.05) is 38.1 Å². The summed E-state index contributed by atoms with van der Waals surface area (Å²) in [6.07, 6.45) is 1.59. The standard InChI is InChI=1S/C13H14N2O2S/c1-3-17-11-6-4-10(5-7-11)15-13(16)12-8-14-9(2)18-12/h4-8H,3H2,1-2H3,(H,15,16). The van der Waals surface area contributed by atoms with Gasteiger partial charge >= 0.3 is 0 Å². The summed E-state index contributed by atoms with van der Waals surface area (Å²) in [5, 5.41) is 3.70. The smallest absolute Gasteiger partial charge is 0.267 e. The third kappa shape index (κ3) is 3.07. The fourth-order valence-electron chi connectivity index (χ4n) is 1.46. The first kappa shape index (κ1) is 12.6. The van der Waals surface area contributed by atoms with E-state index in [-0.39, 0.29) is 5.91 Å². The van der Waals surface area contributed by atoms with E-state index < -0.39 is 0 Å². The highest BCUT2D eigenvalue weighted by atomic mass is 32.1. The zero-order valence-corrected chi connectivity index (χ0v) is 11.1. The van der Waals surface area contributed by atoms with Crippen LogP contribution in [0.5, 0.6) is 5.75 Å². The number of aryl methyl sites for hydroxylation is 1. The van der Waals surface area contributed by atoms with E-state index in [0.29, 0.717) is 11.5 Å². The molecule has 0 fully saturated rings. The number of nitrogens with zero attached hydrogens (tertiary/aromatic N) is 1. The van der Waals surface area contributed by atoms with Crippen molar-refractivity contribution in [2.24, 2.45) is 0 Å². The number of hydrogen-bond acceptors (Lipinski definition) is 4. The van der Waals surface area contributed by atoms with E-state index >= 15 is 0 Å². The summed E-state index contributed by atoms with van der Waals surface area (Å²) in [5.41, 5.74) is 0.745. The number of aromatic nitrogens is 1. The van der Waals surface area contributed by atoms with E-state index in [1.165, 1.54) is 11.3 Å². The van der Waals surface area contributed by atoms with Crippen molar-refractivity contribution in [3.63, 3.8) is 0 Å². The van der Waals surface area contributed by atoms with Crippen molar-refractivity contribution in [1.29, 1.82) is 0 Å². The summed E-state index contributed by atoms with van der Waals surface area (Å²) < 4.78 is 5.33. The zero-order chi connectivity index (χ0) is 13.0. The highest BCUT2D eigenvalue weighted by molar-refractivity contribution is 7.13. The van der Waals surface area contributed by atoms with Crippen LogP contribution in [0.15, 0.2) is 30.5 Å². The number of hydrogen-bond donors (Lipinski definition) is 1. The van der Waals surface area contributed by atoms with Gasteiger partial charge in [0.25, 0.3) is 5.91 Å². The van der Waals surface area contributed by atoms with E-state index in [9.17, 15) is 4.79 Å². The lowest BCUT2D eigenvalue weighted by atomic mass is 10.3. The topological polar surface area (TPSA) is 51.2 Å². The summed E-state index contributed by atoms with van der Waals surface area (Å²) in [6, 6.07) is 7.29. The maximum Gasteiger partial charge on any atom is 0.267 e. The molecule has 1 amide bonds. The SMILES string of the molecule is CCOc1ccc(NC(=O)c2cnc(C)s2)cc1. The van der Waals surface area contributed by atoms with Crippen LogP contribution in [0.1, 0.15) is 21.6 Å². The van der Waals surface area contributed by atoms with Gasteiger partial charge in [-0.2, -0.15) is 0 Å². The summed E-state index contributed by atoms with van der Waals surface area (Å²) in [7, 11) is 0. The van der Waals surface area contributed by atoms with E-state index in [4.69, 9.17) is 4.74 Å². The predicted octanol–water partition coefficient (Wildman–Crippen LogP) is 3.10. The molecule has 0 saturated heterocycles. The van der Waals surface area contributed by atoms with Crippen LogP contribution in [0.25, 0.3) is 0 Å². The third-order valence-corrected chi connectivity index (χ3v) is 3.18. The molecule has 4 nitrogen and oxygen atoms in total. The van der Waals surface area contributed by atoms with Crippen molar-refractivity contribution in [3.8, 4) is 5.75 Å². The van der Waals surface area contributed by atoms with Gasteiger partial charge in [-0.05, 0) is 38.1 Å². The summed E-state index contributed by atoms with van der Waals surface area (Å²) >= 11 is 1.38. The van der Waals surface area contributed by atoms with Gasteiger partial charge in [-0.25, -0.2) is 4.98 Å². The van der Waals surface area contributed by atoms with Crippen LogP contribution >= 0.6 is 11.3 Å². The number of amides is 1. The number of nitrogens with one attached hydrogen (secondary N) is 1. The first-order valence-electron chi connectivity index (χ1n) is 5.65. The van der Waals surface area contributed by atoms with Crippen LogP contribution in [-0.2, 0) is 0 Å². The first-order valence-corrected chi connectivity index (χ1v) is 6.47. The fourth-order valence-corrected chi connectivity index (χ4v) is 2.13. The summed E-state index contributed by atoms with van der Waals surface area (Å²) in [6.45, 7) is 4.44. The molecule has 5 heteroatoms. The van der Waals surface area contributed by atoms with Gasteiger partial charge < -0.3 is 10.1 Å². The van der Waals surface area contributed by atoms with Crippen molar-refractivity contribution >= 4 is 22.9 Å². The summed E-state index contributed by atoms with van der Waals surface area (Å²) in [5.74, 6) is 0.661. The van der Waals surface area contributed by atoms with Gasteiger partial charge in [0.05, 0.1) is 17.8 Å². The Morgan fingerprint density at radius 3 is 2.67 bits per heavy atom. The molecule has 0 spiro atoms. The van der Waals surface area contributed by atoms with E-state index in [1.54, 1.807) is 6.20 Å². The van der Waals surface area contributed by atoms with Crippen LogP contribution in [0.2, 0.25) is 0 Å². The molecule has 0 aliphatic rings. The maximum atomic E-state index is 11.9. The molecule has 2 rings (SSSR count). The number of anilines is 1. The molecule has 0 radical (unpaired) electrons. The lowest BCUT2D eigenvalue weighted by molar-refractivity contribution is 0.103. The maximum absolute atomic E-state index is 11.9. The second-order valence-electron chi connectivity index (χ2n) is 3.66. The molecule has 0 aliphatic heterocycles. The van der Waals surface area contributed by atoms with Gasteiger partial charge in [-0.1, -0.05) is 0 Å². The van der Waals surface area contributed by atoms with Gasteiger partial charge in [0.15, 0.2) is 0 Å². The number of carbonyl (C=O) groups excluding carboxylic acids is 1. The van der Waals surface area contributed by atoms with Crippen LogP contribution in [0, 0.1) is 6.92 Å². The molecule has 18 heavy (non-hydrogen) atoms. The molecule has 0 saturated carbocycles. The number of rotatable bonds is 4. The monoisotopic (exact) mass is 262 g/mol. The van der Waals surface area contributed by atoms with Crippen LogP contribution in [0.4, 0.5) is 5.69 Å². The molecule has 0 bridgehead atoms. The Labute approximate surface area is 110 Å². The largest absolute Gasteiger partial charge is 0.494 e. The Hall–Kier alpha value is -1.88. The van der Waals surface area contributed by atoms with Crippen molar-refractivity contribution < 1.29 is 9.53 Å². The minimum Gasteiger partial charge on any atom is -0.494 e. The van der Waals surface area contributed by atoms with E-state index in [0.717, 1.165) is 16.4 Å². The van der Waals surface area contributed by atoms with Crippen molar-refractivity contribution in [2.75, 3.05) is 11.9 Å². The molecule has 1 N–H and O–H groups in total. The summed E-state index contributed by atoms with van der Waals surface area (Å²) in [4.78, 5) is 16.5. The molecule has 94 valence electrons. The molecule has 0 unspecified atom stereocenters. The van der Waals surface area contributed by atoms with Gasteiger partial charge in [-0.3, -0.25) is 4.79 Å². The fraction of sp³-hybridized carbons (Fsp3) is 0.231. The Morgan fingerprint density at radius 1 is 1.39 bits per heavy atom. The highest BCUT2D eigenvalue weighted by Crippen LogP contribution is 2.18. The molecule has 1 aromatic heterocycles. The number of carbonyl (C=O) groups is 1. The van der Waals surface area contributed by atoms with E-state index in [2.05, 4.69) is 10.3 Å². The second-order valence-corrected chi connectivity index (χ2v) is 4.89. The minimum atomic E-state index is -0.134. The average molecular weight is 262 g/mol. The quantitative estimate of drug-likeness (QED) is 0.921. The lowest BCUT2D eigenvalue weighted by Crippen LogP contribution is -2.09. The first-order chi connectivity index (χ1) is 8.69. The minimum absolute atomic E-state index is 0.134. The number of thiazole rings is 1. The van der Waals surface area contributed by atoms with Gasteiger partial charge in [0.2, 0.25) is 0 Å². The van der Waals surface area contributed by atoms with Crippen LogP contribution in [-0.4, -0.2) is 17.5 Å². The van der Waals surface area contributed by atoms with Crippen LogP contribution < -0.4 is 10.1 Å². The Balaban J connectivity index is 2.03. The molecule has 0 atom stereocenters. The van der Waals surface area contributed by atoms with Crippen molar-refractivity contribution in [3.05, 3.63) is 40.3 Å². The zero-order valence-electron chi connectivity index (χ0n) is 10.3. The molecule has 0 aliphatic carbocycles. The predicted molar refractivity (Wildman–Crippen MR) is 72.4 cm³/mol. The average Bonchev–Trinajstić information content (AvgIpc) is 2.79. The van der Waals surface area contributed by atoms with Gasteiger partial charge in [0, 0.05) is 5.69 Å². The van der Waals surface area contributed by atoms with Gasteiger partial charge in [-0.15, -0.1) is 11.3 Å². The number of ether oxygens (including phenoxy) is 1. The molecule has 1 heterocycles. The molecule has 1 aromatic carbocycles. The van der Waals surface area contributed by atoms with Crippen molar-refractivity contribution in [2.45, 2.75) is 13.8 Å². The van der Waals surface area contributed by atoms with Gasteiger partial charge in [0.1, 0.15) is 10.6 Å². The molecular weight excluding hydrogens is 248 g/mol. The van der Waals surface area contributed by atoms with Crippen LogP contribution in [0.3, 0.4) is 0 Å². The van der Waals surface area contributed by atoms with Crippen molar-refractivity contribution in [1.82, 2.24) is 4.98 Å². The lowest BCUT2D eigenvalue weighted by Gasteiger charge is -2.05. The number of benzene rings is 1. The third-order valence-electron chi connectivity index (χ3n) is 2.27. The molecule has 2 aromatic rings. The Kier molecular flexibility index (Phi) is 3.94. The second kappa shape index (κ2) is 5.64. The normalized spacial score (nSPS) is 10.1. The molecular formula is C13H14N2O2S. The Morgan fingerprint density at radius 2 is 2.11 bits per heavy atom. The highest BCUT2D eigenvalue weighted by Gasteiger charge is 2.09.